The lowest BCUT2D eigenvalue weighted by Crippen LogP contribution is -2.22. The largest absolute Gasteiger partial charge is 0.370 e. The predicted molar refractivity (Wildman–Crippen MR) is 80.1 cm³/mol. The minimum atomic E-state index is 0.0115. The molecule has 0 amide bonds. The van der Waals surface area contributed by atoms with Crippen LogP contribution >= 0.6 is 0 Å². The summed E-state index contributed by atoms with van der Waals surface area (Å²) >= 11 is 0. The van der Waals surface area contributed by atoms with Crippen molar-refractivity contribution in [1.82, 2.24) is 15.5 Å². The predicted octanol–water partition coefficient (Wildman–Crippen LogP) is 3.19. The van der Waals surface area contributed by atoms with Crippen LogP contribution in [0.25, 0.3) is 0 Å². The van der Waals surface area contributed by atoms with Crippen LogP contribution in [0.1, 0.15) is 76.1 Å². The van der Waals surface area contributed by atoms with E-state index >= 15 is 0 Å². The fourth-order valence-corrected chi connectivity index (χ4v) is 3.75. The van der Waals surface area contributed by atoms with Crippen molar-refractivity contribution in [1.29, 1.82) is 0 Å². The van der Waals surface area contributed by atoms with Crippen molar-refractivity contribution in [2.45, 2.75) is 70.4 Å². The second-order valence-electron chi connectivity index (χ2n) is 6.40. The monoisotopic (exact) mass is 293 g/mol. The Balaban J connectivity index is 1.74. The fourth-order valence-electron chi connectivity index (χ4n) is 3.75. The number of aromatic nitrogens is 2. The molecule has 1 N–H and O–H groups in total. The Morgan fingerprint density at radius 1 is 1.29 bits per heavy atom. The average molecular weight is 293 g/mol. The summed E-state index contributed by atoms with van der Waals surface area (Å²) in [5.74, 6) is 2.43. The summed E-state index contributed by atoms with van der Waals surface area (Å²) in [6.07, 6.45) is 7.46. The Labute approximate surface area is 126 Å². The molecular formula is C16H27N3O2. The SMILES string of the molecule is CCOC(c1noc(C2CCNC2C)n1)C1CCCCC1. The van der Waals surface area contributed by atoms with Gasteiger partial charge in [0.15, 0.2) is 0 Å². The molecule has 0 aromatic carbocycles. The van der Waals surface area contributed by atoms with Gasteiger partial charge in [0.2, 0.25) is 11.7 Å². The molecular weight excluding hydrogens is 266 g/mol. The van der Waals surface area contributed by atoms with Gasteiger partial charge in [0.25, 0.3) is 0 Å². The zero-order chi connectivity index (χ0) is 14.7. The van der Waals surface area contributed by atoms with Crippen molar-refractivity contribution in [3.63, 3.8) is 0 Å². The van der Waals surface area contributed by atoms with E-state index in [2.05, 4.69) is 17.4 Å². The van der Waals surface area contributed by atoms with Gasteiger partial charge >= 0.3 is 0 Å². The van der Waals surface area contributed by atoms with Crippen LogP contribution in [-0.4, -0.2) is 29.3 Å². The molecule has 118 valence electrons. The van der Waals surface area contributed by atoms with Crippen molar-refractivity contribution in [2.24, 2.45) is 5.92 Å². The van der Waals surface area contributed by atoms with Gasteiger partial charge in [0.1, 0.15) is 6.10 Å². The number of nitrogens with zero attached hydrogens (tertiary/aromatic N) is 2. The molecule has 0 radical (unpaired) electrons. The molecule has 3 unspecified atom stereocenters. The van der Waals surface area contributed by atoms with Gasteiger partial charge in [0.05, 0.1) is 5.92 Å². The normalized spacial score (nSPS) is 28.9. The summed E-state index contributed by atoms with van der Waals surface area (Å²) in [5.41, 5.74) is 0. The van der Waals surface area contributed by atoms with E-state index in [1.165, 1.54) is 32.1 Å². The minimum absolute atomic E-state index is 0.0115. The molecule has 2 fully saturated rings. The van der Waals surface area contributed by atoms with Gasteiger partial charge in [-0.25, -0.2) is 0 Å². The first-order chi connectivity index (χ1) is 10.3. The molecule has 21 heavy (non-hydrogen) atoms. The van der Waals surface area contributed by atoms with E-state index in [1.807, 2.05) is 6.92 Å². The maximum Gasteiger partial charge on any atom is 0.231 e. The van der Waals surface area contributed by atoms with Crippen molar-refractivity contribution >= 4 is 0 Å². The zero-order valence-electron chi connectivity index (χ0n) is 13.2. The van der Waals surface area contributed by atoms with Crippen LogP contribution < -0.4 is 5.32 Å². The molecule has 1 saturated heterocycles. The third-order valence-electron chi connectivity index (χ3n) is 4.98. The topological polar surface area (TPSA) is 60.2 Å². The van der Waals surface area contributed by atoms with Gasteiger partial charge in [-0.1, -0.05) is 24.4 Å². The van der Waals surface area contributed by atoms with Gasteiger partial charge in [-0.15, -0.1) is 0 Å². The van der Waals surface area contributed by atoms with Gasteiger partial charge in [0, 0.05) is 12.6 Å². The molecule has 5 heteroatoms. The summed E-state index contributed by atoms with van der Waals surface area (Å²) in [4.78, 5) is 4.69. The van der Waals surface area contributed by atoms with Crippen molar-refractivity contribution in [3.8, 4) is 0 Å². The number of nitrogens with one attached hydrogen (secondary N) is 1. The molecule has 0 spiro atoms. The standard InChI is InChI=1S/C16H27N3O2/c1-3-20-14(12-7-5-4-6-8-12)15-18-16(21-19-15)13-9-10-17-11(13)2/h11-14,17H,3-10H2,1-2H3. The van der Waals surface area contributed by atoms with E-state index < -0.39 is 0 Å². The van der Waals surface area contributed by atoms with Crippen LogP contribution in [0, 0.1) is 5.92 Å². The quantitative estimate of drug-likeness (QED) is 0.903. The van der Waals surface area contributed by atoms with Crippen molar-refractivity contribution in [2.75, 3.05) is 13.2 Å². The molecule has 2 aliphatic rings. The maximum atomic E-state index is 5.97. The first kappa shape index (κ1) is 15.0. The molecule has 3 rings (SSSR count). The van der Waals surface area contributed by atoms with Crippen LogP contribution in [-0.2, 0) is 4.74 Å². The molecule has 5 nitrogen and oxygen atoms in total. The summed E-state index contributed by atoms with van der Waals surface area (Å²) in [6, 6.07) is 0.415. The highest BCUT2D eigenvalue weighted by Gasteiger charge is 2.33. The molecule has 1 aliphatic carbocycles. The number of rotatable bonds is 5. The first-order valence-corrected chi connectivity index (χ1v) is 8.48. The van der Waals surface area contributed by atoms with Gasteiger partial charge in [-0.05, 0) is 45.6 Å². The first-order valence-electron chi connectivity index (χ1n) is 8.48. The summed E-state index contributed by atoms with van der Waals surface area (Å²) in [7, 11) is 0. The third kappa shape index (κ3) is 3.29. The Morgan fingerprint density at radius 3 is 2.76 bits per heavy atom. The summed E-state index contributed by atoms with van der Waals surface area (Å²) < 4.78 is 11.5. The second kappa shape index (κ2) is 6.88. The van der Waals surface area contributed by atoms with Crippen LogP contribution in [0.3, 0.4) is 0 Å². The maximum absolute atomic E-state index is 5.97. The van der Waals surface area contributed by atoms with E-state index in [-0.39, 0.29) is 6.10 Å². The highest BCUT2D eigenvalue weighted by atomic mass is 16.5. The average Bonchev–Trinajstić information content (AvgIpc) is 3.14. The van der Waals surface area contributed by atoms with Crippen LogP contribution in [0.4, 0.5) is 0 Å². The van der Waals surface area contributed by atoms with E-state index in [0.717, 1.165) is 24.7 Å². The van der Waals surface area contributed by atoms with E-state index in [1.54, 1.807) is 0 Å². The lowest BCUT2D eigenvalue weighted by atomic mass is 9.85. The van der Waals surface area contributed by atoms with Crippen LogP contribution in [0.15, 0.2) is 4.52 Å². The molecule has 3 atom stereocenters. The van der Waals surface area contributed by atoms with Crippen LogP contribution in [0.2, 0.25) is 0 Å². The van der Waals surface area contributed by atoms with Gasteiger partial charge in [-0.2, -0.15) is 4.98 Å². The Kier molecular flexibility index (Phi) is 4.91. The van der Waals surface area contributed by atoms with E-state index in [9.17, 15) is 0 Å². The molecule has 0 bridgehead atoms. The number of hydrogen-bond donors (Lipinski definition) is 1. The molecule has 1 aromatic heterocycles. The van der Waals surface area contributed by atoms with Crippen molar-refractivity contribution in [3.05, 3.63) is 11.7 Å². The Morgan fingerprint density at radius 2 is 2.10 bits per heavy atom. The van der Waals surface area contributed by atoms with E-state index in [4.69, 9.17) is 14.2 Å². The lowest BCUT2D eigenvalue weighted by molar-refractivity contribution is -0.00145. The second-order valence-corrected chi connectivity index (χ2v) is 6.40. The summed E-state index contributed by atoms with van der Waals surface area (Å²) in [6.45, 7) is 5.95. The minimum Gasteiger partial charge on any atom is -0.370 e. The number of ether oxygens (including phenoxy) is 1. The van der Waals surface area contributed by atoms with E-state index in [0.29, 0.717) is 24.5 Å². The Hall–Kier alpha value is -0.940. The smallest absolute Gasteiger partial charge is 0.231 e. The highest BCUT2D eigenvalue weighted by molar-refractivity contribution is 5.04. The third-order valence-corrected chi connectivity index (χ3v) is 4.98. The Bertz CT molecular complexity index is 442. The zero-order valence-corrected chi connectivity index (χ0v) is 13.2. The molecule has 1 saturated carbocycles. The molecule has 2 heterocycles. The van der Waals surface area contributed by atoms with Gasteiger partial charge < -0.3 is 14.6 Å². The van der Waals surface area contributed by atoms with Gasteiger partial charge in [-0.3, -0.25) is 0 Å². The van der Waals surface area contributed by atoms with Crippen LogP contribution in [0.5, 0.6) is 0 Å². The molecule has 1 aliphatic heterocycles. The number of hydrogen-bond acceptors (Lipinski definition) is 5. The fraction of sp³-hybridized carbons (Fsp3) is 0.875. The summed E-state index contributed by atoms with van der Waals surface area (Å²) in [5, 5.41) is 7.69. The highest BCUT2D eigenvalue weighted by Crippen LogP contribution is 2.36. The lowest BCUT2D eigenvalue weighted by Gasteiger charge is -2.27. The molecule has 1 aromatic rings. The van der Waals surface area contributed by atoms with Crippen molar-refractivity contribution < 1.29 is 9.26 Å².